The number of hydrogen-bond acceptors (Lipinski definition) is 2. The zero-order chi connectivity index (χ0) is 16.5. The van der Waals surface area contributed by atoms with Crippen LogP contribution in [0, 0.1) is 6.92 Å². The molecule has 120 valence electrons. The van der Waals surface area contributed by atoms with Crippen LogP contribution < -0.4 is 4.72 Å². The minimum Gasteiger partial charge on any atom is -0.464 e. The van der Waals surface area contributed by atoms with Gasteiger partial charge in [-0.2, -0.15) is 0 Å². The van der Waals surface area contributed by atoms with E-state index in [4.69, 9.17) is 27.6 Å². The molecule has 2 atom stereocenters. The van der Waals surface area contributed by atoms with Gasteiger partial charge in [0, 0.05) is 10.0 Å². The van der Waals surface area contributed by atoms with Gasteiger partial charge in [-0.05, 0) is 57.5 Å². The monoisotopic (exact) mass is 359 g/mol. The van der Waals surface area contributed by atoms with Crippen molar-refractivity contribution in [2.75, 3.05) is 0 Å². The topological polar surface area (TPSA) is 42.2 Å². The maximum Gasteiger partial charge on any atom is 0.126 e. The average Bonchev–Trinajstić information content (AvgIpc) is 2.82. The smallest absolute Gasteiger partial charge is 0.126 e. The average molecular weight is 360 g/mol. The number of nitrogens with one attached hydrogen (secondary N) is 1. The highest BCUT2D eigenvalue weighted by Crippen LogP contribution is 2.32. The van der Waals surface area contributed by atoms with Crippen LogP contribution in [-0.2, 0) is 11.0 Å². The van der Waals surface area contributed by atoms with Gasteiger partial charge in [0.2, 0.25) is 0 Å². The molecule has 2 rings (SSSR count). The van der Waals surface area contributed by atoms with Gasteiger partial charge in [0.15, 0.2) is 0 Å². The van der Waals surface area contributed by atoms with Crippen molar-refractivity contribution in [3.05, 3.63) is 57.5 Å². The summed E-state index contributed by atoms with van der Waals surface area (Å²) < 4.78 is 20.9. The van der Waals surface area contributed by atoms with Gasteiger partial charge in [-0.25, -0.2) is 8.93 Å². The van der Waals surface area contributed by atoms with E-state index in [1.54, 1.807) is 12.1 Å². The molecule has 1 aromatic heterocycles. The Kier molecular flexibility index (Phi) is 5.38. The summed E-state index contributed by atoms with van der Waals surface area (Å²) in [6.45, 7) is 7.59. The van der Waals surface area contributed by atoms with Gasteiger partial charge < -0.3 is 4.42 Å². The van der Waals surface area contributed by atoms with Crippen LogP contribution in [0.15, 0.2) is 34.7 Å². The molecule has 0 spiro atoms. The Morgan fingerprint density at radius 1 is 1.18 bits per heavy atom. The second-order valence-corrected chi connectivity index (χ2v) is 8.89. The van der Waals surface area contributed by atoms with Gasteiger partial charge in [-0.3, -0.25) is 0 Å². The first kappa shape index (κ1) is 17.5. The minimum absolute atomic E-state index is 0.404. The van der Waals surface area contributed by atoms with Crippen molar-refractivity contribution < 1.29 is 8.63 Å². The summed E-state index contributed by atoms with van der Waals surface area (Å²) in [4.78, 5) is 0. The fraction of sp³-hybridized carbons (Fsp3) is 0.375. The molecule has 1 aromatic carbocycles. The predicted molar refractivity (Wildman–Crippen MR) is 92.8 cm³/mol. The summed E-state index contributed by atoms with van der Waals surface area (Å²) in [5.74, 6) is 1.45. The summed E-state index contributed by atoms with van der Waals surface area (Å²) in [5.41, 5.74) is 0.776. The van der Waals surface area contributed by atoms with Gasteiger partial charge in [-0.1, -0.05) is 29.3 Å². The number of rotatable bonds is 4. The Bertz CT molecular complexity index is 692. The maximum absolute atomic E-state index is 12.5. The Hall–Kier alpha value is -0.810. The fourth-order valence-corrected chi connectivity index (χ4v) is 3.23. The van der Waals surface area contributed by atoms with Crippen LogP contribution in [0.5, 0.6) is 0 Å². The lowest BCUT2D eigenvalue weighted by molar-refractivity contribution is 0.455. The normalized spacial score (nSPS) is 14.8. The Morgan fingerprint density at radius 3 is 2.36 bits per heavy atom. The first-order chi connectivity index (χ1) is 10.2. The van der Waals surface area contributed by atoms with Crippen molar-refractivity contribution in [3.8, 4) is 0 Å². The van der Waals surface area contributed by atoms with Gasteiger partial charge in [0.1, 0.15) is 17.6 Å². The molecule has 1 N–H and O–H groups in total. The SMILES string of the molecule is Cc1ccc(C(NS(=O)C(C)(C)C)c2ccc(Cl)cc2Cl)o1. The molecule has 0 fully saturated rings. The summed E-state index contributed by atoms with van der Waals surface area (Å²) >= 11 is 12.3. The molecule has 6 heteroatoms. The highest BCUT2D eigenvalue weighted by atomic mass is 35.5. The molecule has 0 saturated heterocycles. The lowest BCUT2D eigenvalue weighted by Crippen LogP contribution is -2.36. The lowest BCUT2D eigenvalue weighted by atomic mass is 10.1. The molecule has 0 radical (unpaired) electrons. The zero-order valence-corrected chi connectivity index (χ0v) is 15.3. The third-order valence-corrected chi connectivity index (χ3v) is 5.22. The minimum atomic E-state index is -1.27. The molecule has 0 saturated carbocycles. The third-order valence-electron chi connectivity index (χ3n) is 3.10. The number of hydrogen-bond donors (Lipinski definition) is 1. The quantitative estimate of drug-likeness (QED) is 0.830. The standard InChI is InChI=1S/C16H19Cl2NO2S/c1-10-5-8-14(21-10)15(19-22(20)16(2,3)4)12-7-6-11(17)9-13(12)18/h5-9,15,19H,1-4H3. The van der Waals surface area contributed by atoms with Gasteiger partial charge >= 0.3 is 0 Å². The fourth-order valence-electron chi connectivity index (χ4n) is 1.90. The molecule has 2 unspecified atom stereocenters. The van der Waals surface area contributed by atoms with Crippen LogP contribution in [-0.4, -0.2) is 8.96 Å². The summed E-state index contributed by atoms with van der Waals surface area (Å²) in [7, 11) is -1.27. The van der Waals surface area contributed by atoms with E-state index in [9.17, 15) is 4.21 Å². The molecule has 1 heterocycles. The highest BCUT2D eigenvalue weighted by molar-refractivity contribution is 7.84. The van der Waals surface area contributed by atoms with Crippen molar-refractivity contribution in [1.82, 2.24) is 4.72 Å². The van der Waals surface area contributed by atoms with Crippen LogP contribution in [0.1, 0.15) is 43.9 Å². The highest BCUT2D eigenvalue weighted by Gasteiger charge is 2.27. The first-order valence-electron chi connectivity index (χ1n) is 6.88. The van der Waals surface area contributed by atoms with Crippen molar-refractivity contribution in [3.63, 3.8) is 0 Å². The molecule has 3 nitrogen and oxygen atoms in total. The number of benzene rings is 1. The van der Waals surface area contributed by atoms with Gasteiger partial charge in [0.25, 0.3) is 0 Å². The van der Waals surface area contributed by atoms with Crippen molar-refractivity contribution >= 4 is 34.2 Å². The van der Waals surface area contributed by atoms with E-state index in [2.05, 4.69) is 4.72 Å². The van der Waals surface area contributed by atoms with E-state index in [0.29, 0.717) is 15.8 Å². The van der Waals surface area contributed by atoms with E-state index in [1.807, 2.05) is 45.9 Å². The molecule has 0 aliphatic heterocycles. The molecule has 22 heavy (non-hydrogen) atoms. The Morgan fingerprint density at radius 2 is 1.86 bits per heavy atom. The van der Waals surface area contributed by atoms with E-state index in [0.717, 1.165) is 11.3 Å². The predicted octanol–water partition coefficient (Wildman–Crippen LogP) is 5.04. The summed E-state index contributed by atoms with van der Waals surface area (Å²) in [6.07, 6.45) is 0. The summed E-state index contributed by atoms with van der Waals surface area (Å²) in [6, 6.07) is 8.57. The Balaban J connectivity index is 2.44. The Labute approximate surface area is 143 Å². The molecule has 0 amide bonds. The second kappa shape index (κ2) is 6.75. The first-order valence-corrected chi connectivity index (χ1v) is 8.78. The van der Waals surface area contributed by atoms with E-state index >= 15 is 0 Å². The number of aryl methyl sites for hydroxylation is 1. The van der Waals surface area contributed by atoms with Crippen molar-refractivity contribution in [2.24, 2.45) is 0 Å². The van der Waals surface area contributed by atoms with Gasteiger partial charge in [-0.15, -0.1) is 0 Å². The van der Waals surface area contributed by atoms with Crippen molar-refractivity contribution in [1.29, 1.82) is 0 Å². The van der Waals surface area contributed by atoms with E-state index in [-0.39, 0.29) is 0 Å². The molecular weight excluding hydrogens is 341 g/mol. The van der Waals surface area contributed by atoms with E-state index < -0.39 is 21.8 Å². The molecule has 0 bridgehead atoms. The molecule has 0 aliphatic carbocycles. The molecular formula is C16H19Cl2NO2S. The number of halogens is 2. The third kappa shape index (κ3) is 4.13. The number of furan rings is 1. The zero-order valence-electron chi connectivity index (χ0n) is 12.9. The molecule has 2 aromatic rings. The van der Waals surface area contributed by atoms with Crippen molar-refractivity contribution in [2.45, 2.75) is 38.5 Å². The van der Waals surface area contributed by atoms with Crippen LogP contribution >= 0.6 is 23.2 Å². The van der Waals surface area contributed by atoms with Crippen LogP contribution in [0.25, 0.3) is 0 Å². The van der Waals surface area contributed by atoms with Crippen LogP contribution in [0.2, 0.25) is 10.0 Å². The van der Waals surface area contributed by atoms with Crippen LogP contribution in [0.4, 0.5) is 0 Å². The largest absolute Gasteiger partial charge is 0.464 e. The lowest BCUT2D eigenvalue weighted by Gasteiger charge is -2.24. The summed E-state index contributed by atoms with van der Waals surface area (Å²) in [5, 5.41) is 1.06. The van der Waals surface area contributed by atoms with E-state index in [1.165, 1.54) is 0 Å². The van der Waals surface area contributed by atoms with Crippen LogP contribution in [0.3, 0.4) is 0 Å². The second-order valence-electron chi connectivity index (χ2n) is 6.05. The van der Waals surface area contributed by atoms with Gasteiger partial charge in [0.05, 0.1) is 15.7 Å². The molecule has 0 aliphatic rings. The maximum atomic E-state index is 12.5.